The normalized spacial score (nSPS) is 11.8. The van der Waals surface area contributed by atoms with Gasteiger partial charge in [-0.15, -0.1) is 10.2 Å². The van der Waals surface area contributed by atoms with E-state index in [-0.39, 0.29) is 29.7 Å². The topological polar surface area (TPSA) is 89.8 Å². The maximum Gasteiger partial charge on any atom is 0.269 e. The average molecular weight is 363 g/mol. The molecule has 1 amide bonds. The number of pyridine rings is 1. The fourth-order valence-electron chi connectivity index (χ4n) is 2.80. The molecule has 0 aliphatic heterocycles. The zero-order valence-electron chi connectivity index (χ0n) is 15.5. The molecule has 1 aromatic carbocycles. The third kappa shape index (κ3) is 4.08. The van der Waals surface area contributed by atoms with E-state index in [1.807, 2.05) is 37.3 Å². The number of benzene rings is 1. The molecule has 0 fully saturated rings. The van der Waals surface area contributed by atoms with Crippen molar-refractivity contribution in [1.29, 1.82) is 0 Å². The molecule has 2 heterocycles. The number of hydrogen-bond acceptors (Lipinski definition) is 5. The Kier molecular flexibility index (Phi) is 5.40. The highest BCUT2D eigenvalue weighted by atomic mass is 16.1. The first-order chi connectivity index (χ1) is 13.0. The van der Waals surface area contributed by atoms with Gasteiger partial charge in [-0.25, -0.2) is 4.98 Å². The number of Topliss-reactive ketones (excluding diaryl/α,β-unsaturated/α-hetero) is 1. The number of hydrogen-bond donors (Lipinski definition) is 1. The molecule has 27 heavy (non-hydrogen) atoms. The van der Waals surface area contributed by atoms with Crippen LogP contribution in [0.25, 0.3) is 0 Å². The lowest BCUT2D eigenvalue weighted by Crippen LogP contribution is -2.21. The molecule has 7 heteroatoms. The van der Waals surface area contributed by atoms with Gasteiger partial charge in [0.05, 0.1) is 6.42 Å². The summed E-state index contributed by atoms with van der Waals surface area (Å²) in [6.45, 7) is 2.00. The molecular formula is C20H21N5O2. The number of carbonyl (C=O) groups is 2. The molecule has 1 atom stereocenters. The van der Waals surface area contributed by atoms with E-state index in [9.17, 15) is 9.59 Å². The van der Waals surface area contributed by atoms with Gasteiger partial charge in [0.15, 0.2) is 5.78 Å². The largest absolute Gasteiger partial charge is 0.354 e. The van der Waals surface area contributed by atoms with Crippen LogP contribution in [0.3, 0.4) is 0 Å². The van der Waals surface area contributed by atoms with Gasteiger partial charge in [-0.05, 0) is 17.7 Å². The van der Waals surface area contributed by atoms with Crippen LogP contribution in [-0.4, -0.2) is 38.5 Å². The maximum atomic E-state index is 12.8. The Hall–Kier alpha value is -3.35. The average Bonchev–Trinajstić information content (AvgIpc) is 3.11. The lowest BCUT2D eigenvalue weighted by Gasteiger charge is -2.14. The second-order valence-electron chi connectivity index (χ2n) is 6.34. The SMILES string of the molecule is CNC(=O)c1cc(C(=O)Cc2nncn2C)cc([C@@H](C)c2ccccc2)n1. The van der Waals surface area contributed by atoms with Gasteiger partial charge in [-0.3, -0.25) is 9.59 Å². The monoisotopic (exact) mass is 363 g/mol. The first-order valence-corrected chi connectivity index (χ1v) is 8.64. The minimum absolute atomic E-state index is 0.0582. The van der Waals surface area contributed by atoms with Crippen molar-refractivity contribution in [2.45, 2.75) is 19.3 Å². The third-order valence-electron chi connectivity index (χ3n) is 4.49. The van der Waals surface area contributed by atoms with Crippen molar-refractivity contribution < 1.29 is 9.59 Å². The zero-order chi connectivity index (χ0) is 19.4. The molecule has 138 valence electrons. The second-order valence-corrected chi connectivity index (χ2v) is 6.34. The predicted molar refractivity (Wildman–Crippen MR) is 101 cm³/mol. The van der Waals surface area contributed by atoms with Crippen molar-refractivity contribution in [2.75, 3.05) is 7.05 Å². The Labute approximate surface area is 157 Å². The summed E-state index contributed by atoms with van der Waals surface area (Å²) >= 11 is 0. The number of aromatic nitrogens is 4. The lowest BCUT2D eigenvalue weighted by molar-refractivity contribution is 0.0958. The van der Waals surface area contributed by atoms with E-state index in [0.29, 0.717) is 17.1 Å². The summed E-state index contributed by atoms with van der Waals surface area (Å²) < 4.78 is 1.70. The van der Waals surface area contributed by atoms with Crippen molar-refractivity contribution >= 4 is 11.7 Å². The second kappa shape index (κ2) is 7.90. The minimum Gasteiger partial charge on any atom is -0.354 e. The Bertz CT molecular complexity index is 966. The highest BCUT2D eigenvalue weighted by molar-refractivity contribution is 6.00. The van der Waals surface area contributed by atoms with Gasteiger partial charge in [0.2, 0.25) is 0 Å². The molecule has 0 bridgehead atoms. The van der Waals surface area contributed by atoms with Gasteiger partial charge >= 0.3 is 0 Å². The summed E-state index contributed by atoms with van der Waals surface area (Å²) in [5.74, 6) is 0.0399. The summed E-state index contributed by atoms with van der Waals surface area (Å²) in [5, 5.41) is 10.3. The fourth-order valence-corrected chi connectivity index (χ4v) is 2.80. The zero-order valence-corrected chi connectivity index (χ0v) is 15.5. The van der Waals surface area contributed by atoms with Gasteiger partial charge in [-0.1, -0.05) is 37.3 Å². The van der Waals surface area contributed by atoms with E-state index in [1.54, 1.807) is 31.1 Å². The number of carbonyl (C=O) groups excluding carboxylic acids is 2. The molecule has 2 aromatic heterocycles. The molecule has 7 nitrogen and oxygen atoms in total. The van der Waals surface area contributed by atoms with Gasteiger partial charge in [0.1, 0.15) is 17.8 Å². The van der Waals surface area contributed by atoms with Gasteiger partial charge in [-0.2, -0.15) is 0 Å². The smallest absolute Gasteiger partial charge is 0.269 e. The van der Waals surface area contributed by atoms with Crippen LogP contribution in [0.1, 0.15) is 50.8 Å². The number of nitrogens with one attached hydrogen (secondary N) is 1. The number of aryl methyl sites for hydroxylation is 1. The van der Waals surface area contributed by atoms with Crippen LogP contribution in [-0.2, 0) is 13.5 Å². The number of amides is 1. The Balaban J connectivity index is 1.99. The van der Waals surface area contributed by atoms with Crippen LogP contribution in [0.5, 0.6) is 0 Å². The van der Waals surface area contributed by atoms with Crippen LogP contribution in [0.15, 0.2) is 48.8 Å². The molecule has 1 N–H and O–H groups in total. The molecule has 3 aromatic rings. The van der Waals surface area contributed by atoms with Gasteiger partial charge in [0.25, 0.3) is 5.91 Å². The summed E-state index contributed by atoms with van der Waals surface area (Å²) in [6, 6.07) is 13.1. The Morgan fingerprint density at radius 2 is 1.93 bits per heavy atom. The van der Waals surface area contributed by atoms with E-state index in [0.717, 1.165) is 5.56 Å². The van der Waals surface area contributed by atoms with E-state index >= 15 is 0 Å². The first-order valence-electron chi connectivity index (χ1n) is 8.64. The molecule has 0 aliphatic rings. The first kappa shape index (κ1) is 18.4. The standard InChI is InChI=1S/C20H21N5O2/c1-13(14-7-5-4-6-8-14)16-9-15(10-17(23-16)20(27)21-2)18(26)11-19-24-22-12-25(19)3/h4-10,12-13H,11H2,1-3H3,(H,21,27)/t13-/m0/s1. The molecule has 0 unspecified atom stereocenters. The van der Waals surface area contributed by atoms with Crippen LogP contribution in [0, 0.1) is 0 Å². The minimum atomic E-state index is -0.329. The van der Waals surface area contributed by atoms with Crippen molar-refractivity contribution in [3.63, 3.8) is 0 Å². The summed E-state index contributed by atoms with van der Waals surface area (Å²) in [6.07, 6.45) is 1.65. The Morgan fingerprint density at radius 3 is 2.56 bits per heavy atom. The molecule has 3 rings (SSSR count). The van der Waals surface area contributed by atoms with E-state index in [2.05, 4.69) is 20.5 Å². The molecule has 0 spiro atoms. The van der Waals surface area contributed by atoms with Crippen molar-refractivity contribution in [2.24, 2.45) is 7.05 Å². The summed E-state index contributed by atoms with van der Waals surface area (Å²) in [7, 11) is 3.33. The number of ketones is 1. The highest BCUT2D eigenvalue weighted by Crippen LogP contribution is 2.24. The Morgan fingerprint density at radius 1 is 1.19 bits per heavy atom. The highest BCUT2D eigenvalue weighted by Gasteiger charge is 2.19. The van der Waals surface area contributed by atoms with E-state index in [1.165, 1.54) is 6.07 Å². The van der Waals surface area contributed by atoms with Gasteiger partial charge in [0, 0.05) is 31.3 Å². The van der Waals surface area contributed by atoms with Gasteiger partial charge < -0.3 is 9.88 Å². The molecular weight excluding hydrogens is 342 g/mol. The number of nitrogens with zero attached hydrogens (tertiary/aromatic N) is 4. The van der Waals surface area contributed by atoms with Crippen LogP contribution in [0.4, 0.5) is 0 Å². The van der Waals surface area contributed by atoms with E-state index in [4.69, 9.17) is 0 Å². The third-order valence-corrected chi connectivity index (χ3v) is 4.49. The quantitative estimate of drug-likeness (QED) is 0.678. The lowest BCUT2D eigenvalue weighted by atomic mass is 9.95. The van der Waals surface area contributed by atoms with Crippen molar-refractivity contribution in [3.05, 3.63) is 77.1 Å². The van der Waals surface area contributed by atoms with Crippen LogP contribution < -0.4 is 5.32 Å². The van der Waals surface area contributed by atoms with Crippen molar-refractivity contribution in [3.8, 4) is 0 Å². The molecule has 0 saturated heterocycles. The maximum absolute atomic E-state index is 12.8. The van der Waals surface area contributed by atoms with Crippen molar-refractivity contribution in [1.82, 2.24) is 25.1 Å². The van der Waals surface area contributed by atoms with E-state index < -0.39 is 0 Å². The molecule has 0 aliphatic carbocycles. The summed E-state index contributed by atoms with van der Waals surface area (Å²) in [4.78, 5) is 29.4. The summed E-state index contributed by atoms with van der Waals surface area (Å²) in [5.41, 5.74) is 2.39. The fraction of sp³-hybridized carbons (Fsp3) is 0.250. The molecule has 0 saturated carbocycles. The molecule has 0 radical (unpaired) electrons. The number of rotatable bonds is 6. The van der Waals surface area contributed by atoms with Crippen LogP contribution in [0.2, 0.25) is 0 Å². The predicted octanol–water partition coefficient (Wildman–Crippen LogP) is 2.15. The van der Waals surface area contributed by atoms with Crippen LogP contribution >= 0.6 is 0 Å².